The second-order valence-electron chi connectivity index (χ2n) is 7.43. The molecule has 2 aromatic rings. The average Bonchev–Trinajstić information content (AvgIpc) is 3.29. The summed E-state index contributed by atoms with van der Waals surface area (Å²) in [4.78, 5) is 26.2. The number of hydrogen-bond acceptors (Lipinski definition) is 7. The SMILES string of the molecule is O=C(COC(=O)C=Cc1ccc2c(c1)OCO2)Nc1cc(C(F)(F)F)ccc1N1CCOCC1. The quantitative estimate of drug-likeness (QED) is 0.503. The zero-order chi connectivity index (χ0) is 24.1. The minimum absolute atomic E-state index is 0.0197. The molecule has 2 aliphatic rings. The van der Waals surface area contributed by atoms with Crippen molar-refractivity contribution in [1.82, 2.24) is 0 Å². The maximum Gasteiger partial charge on any atom is 0.416 e. The van der Waals surface area contributed by atoms with Gasteiger partial charge in [-0.05, 0) is 42.0 Å². The van der Waals surface area contributed by atoms with Crippen LogP contribution in [0, 0.1) is 0 Å². The van der Waals surface area contributed by atoms with Crippen LogP contribution in [0.1, 0.15) is 11.1 Å². The molecule has 4 rings (SSSR count). The first-order valence-corrected chi connectivity index (χ1v) is 10.4. The molecule has 0 spiro atoms. The maximum absolute atomic E-state index is 13.2. The number of amides is 1. The van der Waals surface area contributed by atoms with Crippen molar-refractivity contribution in [3.8, 4) is 11.5 Å². The predicted molar refractivity (Wildman–Crippen MR) is 116 cm³/mol. The van der Waals surface area contributed by atoms with E-state index >= 15 is 0 Å². The Morgan fingerprint density at radius 1 is 1.06 bits per heavy atom. The number of anilines is 2. The number of halogens is 3. The molecule has 0 saturated carbocycles. The largest absolute Gasteiger partial charge is 0.454 e. The number of alkyl halides is 3. The van der Waals surface area contributed by atoms with Gasteiger partial charge in [-0.25, -0.2) is 4.79 Å². The molecule has 1 saturated heterocycles. The second kappa shape index (κ2) is 10.0. The molecule has 2 aliphatic heterocycles. The van der Waals surface area contributed by atoms with Crippen LogP contribution in [0.2, 0.25) is 0 Å². The monoisotopic (exact) mass is 478 g/mol. The molecule has 180 valence electrons. The van der Waals surface area contributed by atoms with E-state index in [0.717, 1.165) is 18.2 Å². The van der Waals surface area contributed by atoms with Crippen LogP contribution in [-0.4, -0.2) is 51.6 Å². The second-order valence-corrected chi connectivity index (χ2v) is 7.43. The lowest BCUT2D eigenvalue weighted by atomic mass is 10.1. The summed E-state index contributed by atoms with van der Waals surface area (Å²) < 4.78 is 60.2. The molecule has 0 radical (unpaired) electrons. The van der Waals surface area contributed by atoms with E-state index in [-0.39, 0.29) is 12.5 Å². The van der Waals surface area contributed by atoms with E-state index in [9.17, 15) is 22.8 Å². The molecule has 0 aliphatic carbocycles. The van der Waals surface area contributed by atoms with Gasteiger partial charge in [0.25, 0.3) is 5.91 Å². The lowest BCUT2D eigenvalue weighted by Gasteiger charge is -2.31. The minimum Gasteiger partial charge on any atom is -0.454 e. The first-order valence-electron chi connectivity index (χ1n) is 10.4. The highest BCUT2D eigenvalue weighted by Gasteiger charge is 2.32. The normalized spacial score (nSPS) is 15.4. The van der Waals surface area contributed by atoms with Crippen molar-refractivity contribution in [2.24, 2.45) is 0 Å². The number of fused-ring (bicyclic) bond motifs is 1. The number of carbonyl (C=O) groups excluding carboxylic acids is 2. The van der Waals surface area contributed by atoms with Gasteiger partial charge in [-0.1, -0.05) is 6.07 Å². The molecule has 34 heavy (non-hydrogen) atoms. The molecule has 0 aromatic heterocycles. The Labute approximate surface area is 192 Å². The molecule has 8 nitrogen and oxygen atoms in total. The van der Waals surface area contributed by atoms with Crippen LogP contribution >= 0.6 is 0 Å². The van der Waals surface area contributed by atoms with Gasteiger partial charge in [0.15, 0.2) is 18.1 Å². The highest BCUT2D eigenvalue weighted by Crippen LogP contribution is 2.36. The summed E-state index contributed by atoms with van der Waals surface area (Å²) >= 11 is 0. The van der Waals surface area contributed by atoms with Gasteiger partial charge in [-0.3, -0.25) is 4.79 Å². The summed E-state index contributed by atoms with van der Waals surface area (Å²) in [5.74, 6) is -0.404. The van der Waals surface area contributed by atoms with E-state index in [2.05, 4.69) is 5.32 Å². The summed E-state index contributed by atoms with van der Waals surface area (Å²) in [5, 5.41) is 2.42. The average molecular weight is 478 g/mol. The van der Waals surface area contributed by atoms with E-state index in [4.69, 9.17) is 18.9 Å². The zero-order valence-corrected chi connectivity index (χ0v) is 17.9. The van der Waals surface area contributed by atoms with Crippen molar-refractivity contribution in [2.45, 2.75) is 6.18 Å². The molecule has 0 bridgehead atoms. The van der Waals surface area contributed by atoms with Gasteiger partial charge in [-0.15, -0.1) is 0 Å². The van der Waals surface area contributed by atoms with Crippen LogP contribution in [0.4, 0.5) is 24.5 Å². The van der Waals surface area contributed by atoms with Crippen molar-refractivity contribution >= 4 is 29.3 Å². The molecule has 1 amide bonds. The molecule has 2 heterocycles. The predicted octanol–water partition coefficient (Wildman–Crippen LogP) is 3.47. The number of carbonyl (C=O) groups is 2. The lowest BCUT2D eigenvalue weighted by molar-refractivity contribution is -0.142. The fraction of sp³-hybridized carbons (Fsp3) is 0.304. The Hall–Kier alpha value is -3.73. The number of hydrogen-bond donors (Lipinski definition) is 1. The molecule has 2 aromatic carbocycles. The molecular formula is C23H21F3N2O6. The summed E-state index contributed by atoms with van der Waals surface area (Å²) in [5.41, 5.74) is 0.167. The van der Waals surface area contributed by atoms with Crippen LogP contribution in [0.15, 0.2) is 42.5 Å². The van der Waals surface area contributed by atoms with Gasteiger partial charge >= 0.3 is 12.1 Å². The molecule has 0 atom stereocenters. The molecule has 11 heteroatoms. The fourth-order valence-corrected chi connectivity index (χ4v) is 3.44. The topological polar surface area (TPSA) is 86.3 Å². The number of morpholine rings is 1. The third-order valence-electron chi connectivity index (χ3n) is 5.10. The smallest absolute Gasteiger partial charge is 0.416 e. The summed E-state index contributed by atoms with van der Waals surface area (Å²) in [6.45, 7) is 1.23. The summed E-state index contributed by atoms with van der Waals surface area (Å²) in [6, 6.07) is 8.22. The van der Waals surface area contributed by atoms with E-state index < -0.39 is 30.2 Å². The Bertz CT molecular complexity index is 1100. The number of ether oxygens (including phenoxy) is 4. The Morgan fingerprint density at radius 3 is 2.59 bits per heavy atom. The van der Waals surface area contributed by atoms with Crippen molar-refractivity contribution in [2.75, 3.05) is 49.9 Å². The third kappa shape index (κ3) is 5.79. The molecular weight excluding hydrogens is 457 g/mol. The number of nitrogens with zero attached hydrogens (tertiary/aromatic N) is 1. The van der Waals surface area contributed by atoms with E-state index in [1.54, 1.807) is 18.2 Å². The Morgan fingerprint density at radius 2 is 1.82 bits per heavy atom. The van der Waals surface area contributed by atoms with Crippen molar-refractivity contribution in [3.63, 3.8) is 0 Å². The van der Waals surface area contributed by atoms with Crippen molar-refractivity contribution in [3.05, 3.63) is 53.6 Å². The Kier molecular flexibility index (Phi) is 6.92. The van der Waals surface area contributed by atoms with E-state index in [0.29, 0.717) is 49.1 Å². The van der Waals surface area contributed by atoms with E-state index in [1.165, 1.54) is 12.1 Å². The highest BCUT2D eigenvalue weighted by molar-refractivity contribution is 5.97. The van der Waals surface area contributed by atoms with Crippen LogP contribution in [-0.2, 0) is 25.2 Å². The van der Waals surface area contributed by atoms with Gasteiger partial charge in [0.1, 0.15) is 0 Å². The first-order chi connectivity index (χ1) is 16.3. The van der Waals surface area contributed by atoms with Crippen LogP contribution in [0.5, 0.6) is 11.5 Å². The maximum atomic E-state index is 13.2. The van der Waals surface area contributed by atoms with Gasteiger partial charge in [-0.2, -0.15) is 13.2 Å². The van der Waals surface area contributed by atoms with Gasteiger partial charge in [0.2, 0.25) is 6.79 Å². The first kappa shape index (κ1) is 23.4. The molecule has 0 unspecified atom stereocenters. The lowest BCUT2D eigenvalue weighted by Crippen LogP contribution is -2.37. The minimum atomic E-state index is -4.57. The molecule has 1 fully saturated rings. The van der Waals surface area contributed by atoms with Gasteiger partial charge in [0, 0.05) is 19.2 Å². The van der Waals surface area contributed by atoms with Crippen molar-refractivity contribution < 1.29 is 41.7 Å². The van der Waals surface area contributed by atoms with E-state index in [1.807, 2.05) is 4.90 Å². The number of nitrogens with one attached hydrogen (secondary N) is 1. The standard InChI is InChI=1S/C23H21F3N2O6/c24-23(25,26)16-3-4-18(28-7-9-31-10-8-28)17(12-16)27-21(29)13-32-22(30)6-2-15-1-5-19-20(11-15)34-14-33-19/h1-6,11-12H,7-10,13-14H2,(H,27,29). The van der Waals surface area contributed by atoms with Crippen LogP contribution in [0.25, 0.3) is 6.08 Å². The zero-order valence-electron chi connectivity index (χ0n) is 17.9. The summed E-state index contributed by atoms with van der Waals surface area (Å²) in [7, 11) is 0. The van der Waals surface area contributed by atoms with Gasteiger partial charge < -0.3 is 29.2 Å². The Balaban J connectivity index is 1.38. The number of benzene rings is 2. The highest BCUT2D eigenvalue weighted by atomic mass is 19.4. The number of esters is 1. The van der Waals surface area contributed by atoms with Crippen LogP contribution in [0.3, 0.4) is 0 Å². The molecule has 1 N–H and O–H groups in total. The number of rotatable bonds is 6. The van der Waals surface area contributed by atoms with Crippen LogP contribution < -0.4 is 19.7 Å². The van der Waals surface area contributed by atoms with Gasteiger partial charge in [0.05, 0.1) is 30.2 Å². The third-order valence-corrected chi connectivity index (χ3v) is 5.10. The summed E-state index contributed by atoms with van der Waals surface area (Å²) in [6.07, 6.45) is -1.96. The fourth-order valence-electron chi connectivity index (χ4n) is 3.44. The van der Waals surface area contributed by atoms with Crippen molar-refractivity contribution in [1.29, 1.82) is 0 Å².